The molecule has 0 saturated heterocycles. The molecule has 0 amide bonds. The first-order valence-corrected chi connectivity index (χ1v) is 6.38. The van der Waals surface area contributed by atoms with E-state index in [2.05, 4.69) is 29.9 Å². The van der Waals surface area contributed by atoms with Crippen LogP contribution in [0.4, 0.5) is 0 Å². The van der Waals surface area contributed by atoms with E-state index in [4.69, 9.17) is 0 Å². The lowest BCUT2D eigenvalue weighted by Crippen LogP contribution is -2.16. The first kappa shape index (κ1) is 9.66. The Bertz CT molecular complexity index is 73.5. The van der Waals surface area contributed by atoms with Crippen LogP contribution in [0.2, 0.25) is 0 Å². The number of rotatable bonds is 4. The van der Waals surface area contributed by atoms with Gasteiger partial charge in [-0.15, -0.1) is 0 Å². The fraction of sp³-hybridized carbons (Fsp3) is 1.00. The van der Waals surface area contributed by atoms with Gasteiger partial charge in [0.2, 0.25) is 0 Å². The highest BCUT2D eigenvalue weighted by atomic mass is 32.3. The monoisotopic (exact) mass is 167 g/mol. The van der Waals surface area contributed by atoms with Gasteiger partial charge < -0.3 is 0 Å². The molecule has 0 fully saturated rings. The van der Waals surface area contributed by atoms with Crippen LogP contribution in [0.5, 0.6) is 0 Å². The standard InChI is InChI=1S/C6H17NS2/c1-7-9(2,3)6-4-5-8/h7-8H,4-6H2,1-3H3. The van der Waals surface area contributed by atoms with E-state index in [1.165, 1.54) is 12.2 Å². The van der Waals surface area contributed by atoms with Crippen molar-refractivity contribution in [1.82, 2.24) is 4.72 Å². The van der Waals surface area contributed by atoms with Gasteiger partial charge in [0.25, 0.3) is 0 Å². The Morgan fingerprint density at radius 3 is 2.33 bits per heavy atom. The Balaban J connectivity index is 3.33. The van der Waals surface area contributed by atoms with Gasteiger partial charge in [-0.1, -0.05) is 0 Å². The van der Waals surface area contributed by atoms with E-state index in [9.17, 15) is 0 Å². The third kappa shape index (κ3) is 5.12. The summed E-state index contributed by atoms with van der Waals surface area (Å²) in [6, 6.07) is 0. The highest BCUT2D eigenvalue weighted by molar-refractivity contribution is 8.31. The lowest BCUT2D eigenvalue weighted by Gasteiger charge is -2.30. The maximum atomic E-state index is 4.16. The van der Waals surface area contributed by atoms with Crippen LogP contribution in [-0.4, -0.2) is 31.1 Å². The van der Waals surface area contributed by atoms with E-state index in [1.807, 2.05) is 7.05 Å². The van der Waals surface area contributed by atoms with Crippen LogP contribution >= 0.6 is 22.8 Å². The quantitative estimate of drug-likeness (QED) is 0.605. The Labute approximate surface area is 65.5 Å². The van der Waals surface area contributed by atoms with E-state index < -0.39 is 10.2 Å². The molecule has 3 heteroatoms. The molecule has 9 heavy (non-hydrogen) atoms. The average molecular weight is 167 g/mol. The first-order chi connectivity index (χ1) is 4.12. The van der Waals surface area contributed by atoms with Gasteiger partial charge in [-0.3, -0.25) is 4.72 Å². The molecule has 0 spiro atoms. The molecular weight excluding hydrogens is 150 g/mol. The van der Waals surface area contributed by atoms with Crippen LogP contribution in [0.1, 0.15) is 6.42 Å². The second-order valence-corrected chi connectivity index (χ2v) is 6.86. The molecule has 58 valence electrons. The van der Waals surface area contributed by atoms with Gasteiger partial charge in [0.1, 0.15) is 0 Å². The van der Waals surface area contributed by atoms with Crippen molar-refractivity contribution >= 4 is 22.8 Å². The summed E-state index contributed by atoms with van der Waals surface area (Å²) in [5, 5.41) is 0. The summed E-state index contributed by atoms with van der Waals surface area (Å²) in [5.74, 6) is 2.30. The van der Waals surface area contributed by atoms with Crippen molar-refractivity contribution in [2.24, 2.45) is 0 Å². The summed E-state index contributed by atoms with van der Waals surface area (Å²) in [6.07, 6.45) is 5.80. The number of nitrogens with one attached hydrogen (secondary N) is 1. The Kier molecular flexibility index (Phi) is 4.80. The smallest absolute Gasteiger partial charge is 0.00715 e. The molecule has 0 saturated carbocycles. The maximum Gasteiger partial charge on any atom is -0.00715 e. The highest BCUT2D eigenvalue weighted by Crippen LogP contribution is 2.33. The van der Waals surface area contributed by atoms with E-state index >= 15 is 0 Å². The van der Waals surface area contributed by atoms with E-state index in [-0.39, 0.29) is 0 Å². The molecule has 0 aliphatic rings. The maximum absolute atomic E-state index is 4.16. The van der Waals surface area contributed by atoms with Crippen molar-refractivity contribution in [1.29, 1.82) is 0 Å². The van der Waals surface area contributed by atoms with Crippen molar-refractivity contribution < 1.29 is 0 Å². The number of thiol groups is 1. The zero-order valence-electron chi connectivity index (χ0n) is 6.48. The normalized spacial score (nSPS) is 13.8. The summed E-state index contributed by atoms with van der Waals surface area (Å²) < 4.78 is 3.33. The fourth-order valence-electron chi connectivity index (χ4n) is 0.527. The number of hydrogen-bond acceptors (Lipinski definition) is 2. The molecule has 0 rings (SSSR count). The molecule has 0 radical (unpaired) electrons. The van der Waals surface area contributed by atoms with Crippen molar-refractivity contribution in [2.45, 2.75) is 6.42 Å². The second-order valence-electron chi connectivity index (χ2n) is 2.52. The Morgan fingerprint density at radius 2 is 2.00 bits per heavy atom. The molecular formula is C6H17NS2. The average Bonchev–Trinajstić information content (AvgIpc) is 1.84. The van der Waals surface area contributed by atoms with Crippen LogP contribution in [0.15, 0.2) is 0 Å². The number of hydrogen-bond donors (Lipinski definition) is 2. The molecule has 0 unspecified atom stereocenters. The van der Waals surface area contributed by atoms with Crippen LogP contribution in [0.3, 0.4) is 0 Å². The van der Waals surface area contributed by atoms with Crippen molar-refractivity contribution in [3.63, 3.8) is 0 Å². The van der Waals surface area contributed by atoms with Crippen molar-refractivity contribution in [3.8, 4) is 0 Å². The lowest BCUT2D eigenvalue weighted by molar-refractivity contribution is 1.10. The van der Waals surface area contributed by atoms with Gasteiger partial charge in [0.05, 0.1) is 0 Å². The summed E-state index contributed by atoms with van der Waals surface area (Å²) in [7, 11) is 1.56. The topological polar surface area (TPSA) is 12.0 Å². The minimum absolute atomic E-state index is 0.481. The summed E-state index contributed by atoms with van der Waals surface area (Å²) in [4.78, 5) is 0. The predicted octanol–water partition coefficient (Wildman–Crippen LogP) is 1.50. The lowest BCUT2D eigenvalue weighted by atomic mass is 10.6. The van der Waals surface area contributed by atoms with Crippen LogP contribution in [0.25, 0.3) is 0 Å². The molecule has 0 aromatic heterocycles. The molecule has 0 bridgehead atoms. The molecule has 0 aliphatic carbocycles. The highest BCUT2D eigenvalue weighted by Gasteiger charge is 2.05. The van der Waals surface area contributed by atoms with Gasteiger partial charge in [-0.2, -0.15) is 22.8 Å². The molecule has 0 aromatic rings. The minimum atomic E-state index is -0.481. The Morgan fingerprint density at radius 1 is 1.44 bits per heavy atom. The van der Waals surface area contributed by atoms with Crippen molar-refractivity contribution in [3.05, 3.63) is 0 Å². The minimum Gasteiger partial charge on any atom is -0.284 e. The molecule has 0 atom stereocenters. The van der Waals surface area contributed by atoms with E-state index in [0.29, 0.717) is 0 Å². The third-order valence-electron chi connectivity index (χ3n) is 1.37. The fourth-order valence-corrected chi connectivity index (χ4v) is 1.97. The summed E-state index contributed by atoms with van der Waals surface area (Å²) in [6.45, 7) is 0. The molecule has 1 nitrogen and oxygen atoms in total. The second kappa shape index (κ2) is 4.47. The van der Waals surface area contributed by atoms with Crippen LogP contribution in [0, 0.1) is 0 Å². The zero-order chi connectivity index (χ0) is 7.33. The molecule has 0 aliphatic heterocycles. The van der Waals surface area contributed by atoms with Crippen LogP contribution < -0.4 is 4.72 Å². The van der Waals surface area contributed by atoms with Gasteiger partial charge in [0, 0.05) is 0 Å². The van der Waals surface area contributed by atoms with Gasteiger partial charge in [0.15, 0.2) is 0 Å². The van der Waals surface area contributed by atoms with Gasteiger partial charge in [-0.05, 0) is 37.5 Å². The van der Waals surface area contributed by atoms with E-state index in [1.54, 1.807) is 0 Å². The molecule has 0 heterocycles. The third-order valence-corrected chi connectivity index (χ3v) is 4.10. The van der Waals surface area contributed by atoms with Gasteiger partial charge in [-0.25, -0.2) is 0 Å². The van der Waals surface area contributed by atoms with Crippen LogP contribution in [-0.2, 0) is 0 Å². The van der Waals surface area contributed by atoms with Gasteiger partial charge >= 0.3 is 0 Å². The zero-order valence-corrected chi connectivity index (χ0v) is 8.19. The van der Waals surface area contributed by atoms with Crippen molar-refractivity contribution in [2.75, 3.05) is 31.1 Å². The van der Waals surface area contributed by atoms with E-state index in [0.717, 1.165) is 5.75 Å². The Hall–Kier alpha value is 0.660. The first-order valence-electron chi connectivity index (χ1n) is 3.13. The largest absolute Gasteiger partial charge is 0.284 e. The summed E-state index contributed by atoms with van der Waals surface area (Å²) in [5.41, 5.74) is 0. The predicted molar refractivity (Wildman–Crippen MR) is 51.8 cm³/mol. The SMILES string of the molecule is CNS(C)(C)CCCS. The molecule has 0 aromatic carbocycles. The summed E-state index contributed by atoms with van der Waals surface area (Å²) >= 11 is 4.16. The molecule has 1 N–H and O–H groups in total.